The monoisotopic (exact) mass is 338 g/mol. The fraction of sp³-hybridized carbons (Fsp3) is 0.562. The summed E-state index contributed by atoms with van der Waals surface area (Å²) in [7, 11) is 0. The van der Waals surface area contributed by atoms with Crippen LogP contribution in [0.4, 0.5) is 0 Å². The second-order valence-electron chi connectivity index (χ2n) is 5.54. The van der Waals surface area contributed by atoms with Gasteiger partial charge in [0.15, 0.2) is 0 Å². The third-order valence-electron chi connectivity index (χ3n) is 4.07. The first-order valence-corrected chi connectivity index (χ1v) is 8.15. The Morgan fingerprint density at radius 2 is 2.20 bits per heavy atom. The second-order valence-corrected chi connectivity index (χ2v) is 6.39. The lowest BCUT2D eigenvalue weighted by Gasteiger charge is -2.37. The third-order valence-corrected chi connectivity index (χ3v) is 4.85. The Kier molecular flexibility index (Phi) is 5.61. The number of carbonyl (C=O) groups excluding carboxylic acids is 1. The fourth-order valence-corrected chi connectivity index (χ4v) is 3.21. The zero-order valence-corrected chi connectivity index (χ0v) is 13.8. The number of nitrogens with zero attached hydrogens (tertiary/aromatic N) is 1. The molecule has 1 N–H and O–H groups in total. The molecule has 1 fully saturated rings. The van der Waals surface area contributed by atoms with E-state index < -0.39 is 0 Å². The highest BCUT2D eigenvalue weighted by atomic mass is 79.9. The molecule has 4 heteroatoms. The van der Waals surface area contributed by atoms with Crippen LogP contribution in [0, 0.1) is 5.92 Å². The van der Waals surface area contributed by atoms with Crippen molar-refractivity contribution in [1.29, 1.82) is 0 Å². The van der Waals surface area contributed by atoms with Gasteiger partial charge in [-0.15, -0.1) is 0 Å². The zero-order valence-electron chi connectivity index (χ0n) is 12.2. The van der Waals surface area contributed by atoms with E-state index in [4.69, 9.17) is 0 Å². The standard InChI is InChI=1S/C16H23BrN2O/c1-3-16(20)19-9-8-15(12(2)11-19)18-10-13-6-4-5-7-14(13)17/h4-7,12,15,18H,3,8-11H2,1-2H3. The number of nitrogens with one attached hydrogen (secondary N) is 1. The largest absolute Gasteiger partial charge is 0.342 e. The lowest BCUT2D eigenvalue weighted by molar-refractivity contribution is -0.132. The average Bonchev–Trinajstić information content (AvgIpc) is 2.46. The lowest BCUT2D eigenvalue weighted by Crippen LogP contribution is -2.49. The van der Waals surface area contributed by atoms with Gasteiger partial charge in [-0.1, -0.05) is 48.0 Å². The van der Waals surface area contributed by atoms with Gasteiger partial charge >= 0.3 is 0 Å². The number of hydrogen-bond acceptors (Lipinski definition) is 2. The summed E-state index contributed by atoms with van der Waals surface area (Å²) in [5, 5.41) is 3.64. The number of carbonyl (C=O) groups is 1. The minimum Gasteiger partial charge on any atom is -0.342 e. The highest BCUT2D eigenvalue weighted by molar-refractivity contribution is 9.10. The summed E-state index contributed by atoms with van der Waals surface area (Å²) in [6.07, 6.45) is 1.65. The first-order chi connectivity index (χ1) is 9.61. The normalized spacial score (nSPS) is 22.9. The van der Waals surface area contributed by atoms with Crippen LogP contribution >= 0.6 is 15.9 Å². The highest BCUT2D eigenvalue weighted by Gasteiger charge is 2.27. The van der Waals surface area contributed by atoms with Crippen LogP contribution in [0.15, 0.2) is 28.7 Å². The van der Waals surface area contributed by atoms with Gasteiger partial charge in [0.1, 0.15) is 0 Å². The van der Waals surface area contributed by atoms with E-state index in [2.05, 4.69) is 46.4 Å². The molecule has 0 aliphatic carbocycles. The van der Waals surface area contributed by atoms with Gasteiger partial charge < -0.3 is 10.2 Å². The number of amides is 1. The van der Waals surface area contributed by atoms with E-state index in [1.165, 1.54) is 5.56 Å². The van der Waals surface area contributed by atoms with E-state index in [0.29, 0.717) is 18.4 Å². The van der Waals surface area contributed by atoms with Crippen molar-refractivity contribution in [2.45, 2.75) is 39.3 Å². The Morgan fingerprint density at radius 3 is 2.85 bits per heavy atom. The summed E-state index contributed by atoms with van der Waals surface area (Å²) in [6, 6.07) is 8.79. The van der Waals surface area contributed by atoms with Crippen LogP contribution in [0.2, 0.25) is 0 Å². The van der Waals surface area contributed by atoms with E-state index >= 15 is 0 Å². The summed E-state index contributed by atoms with van der Waals surface area (Å²) < 4.78 is 1.15. The fourth-order valence-electron chi connectivity index (χ4n) is 2.78. The number of hydrogen-bond donors (Lipinski definition) is 1. The van der Waals surface area contributed by atoms with Gasteiger partial charge in [0, 0.05) is 36.6 Å². The molecule has 2 rings (SSSR count). The highest BCUT2D eigenvalue weighted by Crippen LogP contribution is 2.20. The summed E-state index contributed by atoms with van der Waals surface area (Å²) in [5.74, 6) is 0.780. The maximum absolute atomic E-state index is 11.7. The summed E-state index contributed by atoms with van der Waals surface area (Å²) in [4.78, 5) is 13.7. The Labute approximate surface area is 129 Å². The molecule has 2 unspecified atom stereocenters. The van der Waals surface area contributed by atoms with Crippen LogP contribution in [-0.2, 0) is 11.3 Å². The molecule has 1 aromatic rings. The van der Waals surface area contributed by atoms with Crippen molar-refractivity contribution < 1.29 is 4.79 Å². The van der Waals surface area contributed by atoms with E-state index in [0.717, 1.165) is 30.5 Å². The van der Waals surface area contributed by atoms with Gasteiger partial charge in [-0.2, -0.15) is 0 Å². The smallest absolute Gasteiger partial charge is 0.222 e. The minimum atomic E-state index is 0.279. The molecule has 0 bridgehead atoms. The summed E-state index contributed by atoms with van der Waals surface area (Å²) in [6.45, 7) is 6.79. The van der Waals surface area contributed by atoms with Crippen LogP contribution in [0.3, 0.4) is 0 Å². The topological polar surface area (TPSA) is 32.3 Å². The first kappa shape index (κ1) is 15.5. The van der Waals surface area contributed by atoms with Crippen molar-refractivity contribution >= 4 is 21.8 Å². The maximum Gasteiger partial charge on any atom is 0.222 e. The molecule has 1 heterocycles. The van der Waals surface area contributed by atoms with E-state index in [9.17, 15) is 4.79 Å². The number of likely N-dealkylation sites (tertiary alicyclic amines) is 1. The van der Waals surface area contributed by atoms with Gasteiger partial charge in [0.25, 0.3) is 0 Å². The molecule has 0 aromatic heterocycles. The summed E-state index contributed by atoms with van der Waals surface area (Å²) in [5.41, 5.74) is 1.28. The van der Waals surface area contributed by atoms with E-state index in [1.54, 1.807) is 0 Å². The third kappa shape index (κ3) is 3.83. The Balaban J connectivity index is 1.86. The van der Waals surface area contributed by atoms with Gasteiger partial charge in [-0.05, 0) is 24.0 Å². The molecule has 1 aromatic carbocycles. The van der Waals surface area contributed by atoms with Crippen molar-refractivity contribution in [3.05, 3.63) is 34.3 Å². The van der Waals surface area contributed by atoms with Gasteiger partial charge in [-0.25, -0.2) is 0 Å². The zero-order chi connectivity index (χ0) is 14.5. The Hall–Kier alpha value is -0.870. The van der Waals surface area contributed by atoms with Gasteiger partial charge in [0.2, 0.25) is 5.91 Å². The SMILES string of the molecule is CCC(=O)N1CCC(NCc2ccccc2Br)C(C)C1. The predicted octanol–water partition coefficient (Wildman–Crippen LogP) is 3.19. The molecule has 1 aliphatic heterocycles. The molecular weight excluding hydrogens is 316 g/mol. The van der Waals surface area contributed by atoms with Crippen LogP contribution in [0.25, 0.3) is 0 Å². The van der Waals surface area contributed by atoms with E-state index in [1.807, 2.05) is 17.9 Å². The van der Waals surface area contributed by atoms with Crippen LogP contribution in [0.1, 0.15) is 32.3 Å². The van der Waals surface area contributed by atoms with Crippen LogP contribution in [0.5, 0.6) is 0 Å². The quantitative estimate of drug-likeness (QED) is 0.914. The Morgan fingerprint density at radius 1 is 1.45 bits per heavy atom. The number of piperidine rings is 1. The first-order valence-electron chi connectivity index (χ1n) is 7.36. The van der Waals surface area contributed by atoms with Crippen molar-refractivity contribution in [1.82, 2.24) is 10.2 Å². The molecule has 0 radical (unpaired) electrons. The van der Waals surface area contributed by atoms with Crippen molar-refractivity contribution in [2.75, 3.05) is 13.1 Å². The molecule has 20 heavy (non-hydrogen) atoms. The van der Waals surface area contributed by atoms with Crippen molar-refractivity contribution in [2.24, 2.45) is 5.92 Å². The minimum absolute atomic E-state index is 0.279. The lowest BCUT2D eigenvalue weighted by atomic mass is 9.93. The number of halogens is 1. The molecule has 110 valence electrons. The molecule has 1 saturated heterocycles. The molecule has 0 saturated carbocycles. The van der Waals surface area contributed by atoms with Gasteiger partial charge in [-0.3, -0.25) is 4.79 Å². The van der Waals surface area contributed by atoms with E-state index in [-0.39, 0.29) is 5.91 Å². The van der Waals surface area contributed by atoms with Crippen molar-refractivity contribution in [3.63, 3.8) is 0 Å². The molecule has 1 amide bonds. The molecule has 2 atom stereocenters. The summed E-state index contributed by atoms with van der Waals surface area (Å²) >= 11 is 3.58. The molecule has 3 nitrogen and oxygen atoms in total. The second kappa shape index (κ2) is 7.23. The molecule has 1 aliphatic rings. The van der Waals surface area contributed by atoms with Crippen LogP contribution < -0.4 is 5.32 Å². The number of benzene rings is 1. The molecule has 0 spiro atoms. The molecular formula is C16H23BrN2O. The predicted molar refractivity (Wildman–Crippen MR) is 85.4 cm³/mol. The van der Waals surface area contributed by atoms with Gasteiger partial charge in [0.05, 0.1) is 0 Å². The maximum atomic E-state index is 11.7. The Bertz CT molecular complexity index is 464. The number of rotatable bonds is 4. The van der Waals surface area contributed by atoms with Crippen LogP contribution in [-0.4, -0.2) is 29.9 Å². The average molecular weight is 339 g/mol. The van der Waals surface area contributed by atoms with Crippen molar-refractivity contribution in [3.8, 4) is 0 Å².